The molecule has 7 rings (SSSR count). The maximum Gasteiger partial charge on any atom is 0.0641 e. The lowest BCUT2D eigenvalue weighted by atomic mass is 10.1. The van der Waals surface area contributed by atoms with Crippen LogP contribution in [0.3, 0.4) is 0 Å². The first kappa shape index (κ1) is 25.0. The molecular formula is C33H29ClN2S. The molecule has 0 saturated heterocycles. The third-order valence-electron chi connectivity index (χ3n) is 6.55. The first-order valence-electron chi connectivity index (χ1n) is 12.5. The fourth-order valence-corrected chi connectivity index (χ4v) is 5.40. The van der Waals surface area contributed by atoms with Crippen LogP contribution in [-0.4, -0.2) is 15.4 Å². The third-order valence-corrected chi connectivity index (χ3v) is 6.79. The predicted molar refractivity (Wildman–Crippen MR) is 166 cm³/mol. The Morgan fingerprint density at radius 3 is 1.73 bits per heavy atom. The fourth-order valence-electron chi connectivity index (χ4n) is 5.23. The van der Waals surface area contributed by atoms with Gasteiger partial charge in [0.25, 0.3) is 0 Å². The average Bonchev–Trinajstić information content (AvgIpc) is 3.48. The summed E-state index contributed by atoms with van der Waals surface area (Å²) in [5, 5.41) is 5.62. The van der Waals surface area contributed by atoms with E-state index in [-0.39, 0.29) is 0 Å². The van der Waals surface area contributed by atoms with E-state index in [0.717, 1.165) is 21.9 Å². The standard InChI is InChI=1S/C30H19ClN2.C2H6.CH4S/c31-20-15-17-27-25(19-20)23-16-18-28-29(30(23)33(27)22-11-5-2-6-12-22)24-13-7-8-14-26(24)32(28)21-9-3-1-4-10-21;2*1-2/h1-19H;1-2H3;2H,1H3. The summed E-state index contributed by atoms with van der Waals surface area (Å²) in [4.78, 5) is 0. The molecule has 0 spiro atoms. The molecule has 0 fully saturated rings. The molecule has 37 heavy (non-hydrogen) atoms. The summed E-state index contributed by atoms with van der Waals surface area (Å²) in [6.45, 7) is 4.00. The van der Waals surface area contributed by atoms with Crippen molar-refractivity contribution in [3.05, 3.63) is 120 Å². The number of benzene rings is 5. The molecule has 0 aliphatic heterocycles. The van der Waals surface area contributed by atoms with Crippen LogP contribution in [0.15, 0.2) is 115 Å². The molecule has 0 atom stereocenters. The highest BCUT2D eigenvalue weighted by molar-refractivity contribution is 7.79. The normalized spacial score (nSPS) is 10.8. The van der Waals surface area contributed by atoms with Crippen LogP contribution in [0.4, 0.5) is 0 Å². The van der Waals surface area contributed by atoms with Gasteiger partial charge in [-0.05, 0) is 60.9 Å². The van der Waals surface area contributed by atoms with Crippen LogP contribution in [0.5, 0.6) is 0 Å². The van der Waals surface area contributed by atoms with Crippen LogP contribution < -0.4 is 0 Å². The summed E-state index contributed by atoms with van der Waals surface area (Å²) in [6, 6.07) is 40.5. The van der Waals surface area contributed by atoms with E-state index in [1.54, 1.807) is 6.26 Å². The van der Waals surface area contributed by atoms with Crippen molar-refractivity contribution < 1.29 is 0 Å². The second-order valence-corrected chi connectivity index (χ2v) is 8.81. The SMILES string of the molecule is CC.CS.Clc1ccc2c(c1)c1ccc3c(c4ccccc4n3-c3ccccc3)c1n2-c1ccccc1. The van der Waals surface area contributed by atoms with Gasteiger partial charge in [-0.2, -0.15) is 12.6 Å². The number of halogens is 1. The van der Waals surface area contributed by atoms with Crippen molar-refractivity contribution in [3.63, 3.8) is 0 Å². The van der Waals surface area contributed by atoms with Crippen LogP contribution >= 0.6 is 24.2 Å². The number of hydrogen-bond donors (Lipinski definition) is 1. The summed E-state index contributed by atoms with van der Waals surface area (Å²) in [6.07, 6.45) is 1.69. The Kier molecular flexibility index (Phi) is 7.27. The highest BCUT2D eigenvalue weighted by Gasteiger charge is 2.20. The number of thiol groups is 1. The van der Waals surface area contributed by atoms with Crippen molar-refractivity contribution in [1.29, 1.82) is 0 Å². The summed E-state index contributed by atoms with van der Waals surface area (Å²) >= 11 is 9.99. The molecule has 2 heterocycles. The van der Waals surface area contributed by atoms with Gasteiger partial charge in [0, 0.05) is 37.9 Å². The van der Waals surface area contributed by atoms with E-state index in [1.165, 1.54) is 38.1 Å². The van der Waals surface area contributed by atoms with Gasteiger partial charge in [0.15, 0.2) is 0 Å². The highest BCUT2D eigenvalue weighted by Crippen LogP contribution is 2.42. The van der Waals surface area contributed by atoms with Crippen molar-refractivity contribution in [1.82, 2.24) is 9.13 Å². The first-order valence-corrected chi connectivity index (χ1v) is 13.8. The van der Waals surface area contributed by atoms with E-state index in [9.17, 15) is 0 Å². The third kappa shape index (κ3) is 4.09. The van der Waals surface area contributed by atoms with Crippen LogP contribution in [0.25, 0.3) is 55.0 Å². The van der Waals surface area contributed by atoms with E-state index in [0.29, 0.717) is 0 Å². The van der Waals surface area contributed by atoms with Crippen molar-refractivity contribution in [2.45, 2.75) is 13.8 Å². The quantitative estimate of drug-likeness (QED) is 0.217. The Morgan fingerprint density at radius 2 is 1.05 bits per heavy atom. The van der Waals surface area contributed by atoms with Crippen LogP contribution in [0.1, 0.15) is 13.8 Å². The maximum atomic E-state index is 6.46. The number of nitrogens with zero attached hydrogens (tertiary/aromatic N) is 2. The van der Waals surface area contributed by atoms with Gasteiger partial charge in [-0.3, -0.25) is 0 Å². The maximum absolute atomic E-state index is 6.46. The van der Waals surface area contributed by atoms with Crippen molar-refractivity contribution in [3.8, 4) is 11.4 Å². The van der Waals surface area contributed by atoms with Crippen molar-refractivity contribution in [2.75, 3.05) is 6.26 Å². The van der Waals surface area contributed by atoms with E-state index in [4.69, 9.17) is 11.6 Å². The largest absolute Gasteiger partial charge is 0.309 e. The predicted octanol–water partition coefficient (Wildman–Crippen LogP) is 10.1. The molecule has 0 amide bonds. The Bertz CT molecular complexity index is 1820. The molecule has 0 bridgehead atoms. The number of aromatic nitrogens is 2. The Labute approximate surface area is 228 Å². The molecule has 7 aromatic rings. The van der Waals surface area contributed by atoms with Gasteiger partial charge in [0.05, 0.1) is 22.1 Å². The summed E-state index contributed by atoms with van der Waals surface area (Å²) in [5.74, 6) is 0. The lowest BCUT2D eigenvalue weighted by Gasteiger charge is -2.10. The van der Waals surface area contributed by atoms with Gasteiger partial charge >= 0.3 is 0 Å². The second kappa shape index (κ2) is 10.8. The molecule has 2 aromatic heterocycles. The average molecular weight is 521 g/mol. The zero-order valence-electron chi connectivity index (χ0n) is 21.2. The minimum atomic E-state index is 0.751. The van der Waals surface area contributed by atoms with E-state index < -0.39 is 0 Å². The molecule has 2 nitrogen and oxygen atoms in total. The molecule has 0 aliphatic carbocycles. The van der Waals surface area contributed by atoms with Crippen LogP contribution in [0, 0.1) is 0 Å². The Balaban J connectivity index is 0.000000670. The fraction of sp³-hybridized carbons (Fsp3) is 0.0909. The Morgan fingerprint density at radius 1 is 0.514 bits per heavy atom. The molecule has 0 saturated carbocycles. The molecule has 0 N–H and O–H groups in total. The van der Waals surface area contributed by atoms with Gasteiger partial charge in [-0.15, -0.1) is 0 Å². The van der Waals surface area contributed by atoms with E-state index in [2.05, 4.69) is 131 Å². The molecule has 184 valence electrons. The topological polar surface area (TPSA) is 9.86 Å². The molecule has 0 radical (unpaired) electrons. The van der Waals surface area contributed by atoms with Crippen LogP contribution in [-0.2, 0) is 0 Å². The molecular weight excluding hydrogens is 492 g/mol. The minimum Gasteiger partial charge on any atom is -0.309 e. The highest BCUT2D eigenvalue weighted by atomic mass is 35.5. The number of hydrogen-bond acceptors (Lipinski definition) is 1. The molecule has 4 heteroatoms. The van der Waals surface area contributed by atoms with Crippen molar-refractivity contribution >= 4 is 67.8 Å². The van der Waals surface area contributed by atoms with Crippen molar-refractivity contribution in [2.24, 2.45) is 0 Å². The Hall–Kier alpha value is -3.66. The summed E-state index contributed by atoms with van der Waals surface area (Å²) < 4.78 is 4.75. The molecule has 5 aromatic carbocycles. The number of para-hydroxylation sites is 3. The lowest BCUT2D eigenvalue weighted by Crippen LogP contribution is -1.95. The zero-order chi connectivity index (χ0) is 25.9. The minimum absolute atomic E-state index is 0.751. The van der Waals surface area contributed by atoms with Gasteiger partial charge in [0.1, 0.15) is 0 Å². The zero-order valence-corrected chi connectivity index (χ0v) is 22.8. The van der Waals surface area contributed by atoms with E-state index >= 15 is 0 Å². The van der Waals surface area contributed by atoms with Gasteiger partial charge in [-0.25, -0.2) is 0 Å². The van der Waals surface area contributed by atoms with Gasteiger partial charge < -0.3 is 9.13 Å². The smallest absolute Gasteiger partial charge is 0.0641 e. The lowest BCUT2D eigenvalue weighted by molar-refractivity contribution is 1.17. The van der Waals surface area contributed by atoms with Gasteiger partial charge in [0.2, 0.25) is 0 Å². The molecule has 0 aliphatic rings. The number of fused-ring (bicyclic) bond motifs is 7. The van der Waals surface area contributed by atoms with E-state index in [1.807, 2.05) is 19.9 Å². The second-order valence-electron chi connectivity index (χ2n) is 8.38. The van der Waals surface area contributed by atoms with Crippen LogP contribution in [0.2, 0.25) is 5.02 Å². The summed E-state index contributed by atoms with van der Waals surface area (Å²) in [5.41, 5.74) is 7.07. The molecule has 0 unspecified atom stereocenters. The first-order chi connectivity index (χ1) is 18.3. The number of rotatable bonds is 2. The van der Waals surface area contributed by atoms with Gasteiger partial charge in [-0.1, -0.05) is 86.1 Å². The summed E-state index contributed by atoms with van der Waals surface area (Å²) in [7, 11) is 0. The monoisotopic (exact) mass is 520 g/mol.